The Morgan fingerprint density at radius 1 is 0.333 bits per heavy atom. The van der Waals surface area contributed by atoms with Crippen molar-refractivity contribution in [3.8, 4) is 0 Å². The number of rotatable bonds is 34. The molecule has 0 aliphatic rings. The Balaban J connectivity index is 1.81. The Bertz CT molecular complexity index is 565. The van der Waals surface area contributed by atoms with Gasteiger partial charge in [-0.3, -0.25) is 0 Å². The van der Waals surface area contributed by atoms with Crippen LogP contribution in [-0.4, -0.2) is 0 Å². The van der Waals surface area contributed by atoms with Crippen LogP contribution in [0.1, 0.15) is 225 Å². The number of aryl methyl sites for hydroxylation is 2. The van der Waals surface area contributed by atoms with E-state index in [1.54, 1.807) is 0 Å². The maximum absolute atomic E-state index is 2.40. The van der Waals surface area contributed by atoms with Crippen LogP contribution in [-0.2, 0) is 13.0 Å². The molecular weight excluding hydrogens is 506 g/mol. The van der Waals surface area contributed by atoms with Crippen LogP contribution >= 0.6 is 0 Å². The van der Waals surface area contributed by atoms with Crippen LogP contribution in [0, 0.1) is 0 Å². The van der Waals surface area contributed by atoms with Crippen LogP contribution in [0.25, 0.3) is 0 Å². The molecular formula is C41H78N+. The molecule has 0 saturated carbocycles. The first kappa shape index (κ1) is 39.2. The predicted octanol–water partition coefficient (Wildman–Crippen LogP) is 14.0. The van der Waals surface area contributed by atoms with E-state index in [4.69, 9.17) is 0 Å². The second-order valence-corrected chi connectivity index (χ2v) is 13.8. The lowest BCUT2D eigenvalue weighted by Gasteiger charge is -2.04. The normalized spacial score (nSPS) is 11.5. The Labute approximate surface area is 266 Å². The average Bonchev–Trinajstić information content (AvgIpc) is 3.01. The Morgan fingerprint density at radius 3 is 0.905 bits per heavy atom. The van der Waals surface area contributed by atoms with Gasteiger partial charge in [-0.05, 0) is 24.8 Å². The van der Waals surface area contributed by atoms with E-state index in [0.717, 1.165) is 0 Å². The molecule has 0 radical (unpaired) electrons. The highest BCUT2D eigenvalue weighted by Gasteiger charge is 2.02. The van der Waals surface area contributed by atoms with Gasteiger partial charge in [0, 0.05) is 18.6 Å². The molecule has 0 aliphatic carbocycles. The Hall–Kier alpha value is -0.850. The summed E-state index contributed by atoms with van der Waals surface area (Å²) in [4.78, 5) is 0. The summed E-state index contributed by atoms with van der Waals surface area (Å²) in [5, 5.41) is 0. The third kappa shape index (κ3) is 28.0. The summed E-state index contributed by atoms with van der Waals surface area (Å²) in [6.07, 6.45) is 52.2. The number of nitrogens with zero attached hydrogens (tertiary/aromatic N) is 1. The summed E-state index contributed by atoms with van der Waals surface area (Å²) in [6, 6.07) is 4.75. The number of unbranched alkanes of at least 4 members (excludes halogenated alkanes) is 30. The smallest absolute Gasteiger partial charge is 0.169 e. The lowest BCUT2D eigenvalue weighted by atomic mass is 10.0. The van der Waals surface area contributed by atoms with Crippen LogP contribution in [0.3, 0.4) is 0 Å². The molecule has 0 amide bonds. The maximum atomic E-state index is 2.40. The van der Waals surface area contributed by atoms with E-state index in [0.29, 0.717) is 0 Å². The summed E-state index contributed by atoms with van der Waals surface area (Å²) in [5.41, 5.74) is 1.53. The minimum Gasteiger partial charge on any atom is -0.205 e. The maximum Gasteiger partial charge on any atom is 0.169 e. The first-order valence-electron chi connectivity index (χ1n) is 19.8. The molecule has 0 aromatic carbocycles. The number of aromatic nitrogens is 1. The summed E-state index contributed by atoms with van der Waals surface area (Å²) >= 11 is 0. The fourth-order valence-electron chi connectivity index (χ4n) is 6.52. The quantitative estimate of drug-likeness (QED) is 0.0560. The average molecular weight is 585 g/mol. The van der Waals surface area contributed by atoms with Gasteiger partial charge in [-0.25, -0.2) is 4.57 Å². The first-order chi connectivity index (χ1) is 20.9. The zero-order valence-electron chi connectivity index (χ0n) is 29.3. The van der Waals surface area contributed by atoms with Crippen molar-refractivity contribution in [3.05, 3.63) is 30.1 Å². The molecule has 1 rings (SSSR count). The van der Waals surface area contributed by atoms with Gasteiger partial charge in [0.1, 0.15) is 6.54 Å². The topological polar surface area (TPSA) is 3.88 Å². The molecule has 1 heteroatoms. The zero-order chi connectivity index (χ0) is 30.0. The van der Waals surface area contributed by atoms with E-state index in [2.05, 4.69) is 42.9 Å². The van der Waals surface area contributed by atoms with Crippen molar-refractivity contribution in [1.82, 2.24) is 0 Å². The van der Waals surface area contributed by atoms with Gasteiger partial charge in [-0.15, -0.1) is 0 Å². The van der Waals surface area contributed by atoms with Gasteiger partial charge in [0.25, 0.3) is 0 Å². The Morgan fingerprint density at radius 2 is 0.595 bits per heavy atom. The molecule has 246 valence electrons. The van der Waals surface area contributed by atoms with Crippen LogP contribution < -0.4 is 4.57 Å². The predicted molar refractivity (Wildman–Crippen MR) is 189 cm³/mol. The first-order valence-corrected chi connectivity index (χ1v) is 19.8. The van der Waals surface area contributed by atoms with Gasteiger partial charge in [0.2, 0.25) is 0 Å². The van der Waals surface area contributed by atoms with Gasteiger partial charge >= 0.3 is 0 Å². The molecule has 1 nitrogen and oxygen atoms in total. The molecule has 0 aliphatic heterocycles. The monoisotopic (exact) mass is 585 g/mol. The van der Waals surface area contributed by atoms with Gasteiger partial charge < -0.3 is 0 Å². The van der Waals surface area contributed by atoms with Crippen LogP contribution in [0.4, 0.5) is 0 Å². The van der Waals surface area contributed by atoms with Crippen molar-refractivity contribution >= 4 is 0 Å². The highest BCUT2D eigenvalue weighted by molar-refractivity contribution is 5.07. The van der Waals surface area contributed by atoms with Crippen molar-refractivity contribution in [3.63, 3.8) is 0 Å². The number of hydrogen-bond acceptors (Lipinski definition) is 0. The van der Waals surface area contributed by atoms with Crippen LogP contribution in [0.5, 0.6) is 0 Å². The molecule has 0 bridgehead atoms. The van der Waals surface area contributed by atoms with E-state index < -0.39 is 0 Å². The van der Waals surface area contributed by atoms with Crippen molar-refractivity contribution in [2.75, 3.05) is 0 Å². The molecule has 0 spiro atoms. The van der Waals surface area contributed by atoms with Gasteiger partial charge in [-0.2, -0.15) is 0 Å². The second-order valence-electron chi connectivity index (χ2n) is 13.8. The fourth-order valence-corrected chi connectivity index (χ4v) is 6.52. The molecule has 0 fully saturated rings. The third-order valence-electron chi connectivity index (χ3n) is 9.55. The van der Waals surface area contributed by atoms with E-state index in [-0.39, 0.29) is 0 Å². The van der Waals surface area contributed by atoms with Crippen LogP contribution in [0.15, 0.2) is 24.5 Å². The van der Waals surface area contributed by atoms with Gasteiger partial charge in [0.15, 0.2) is 12.4 Å². The summed E-state index contributed by atoms with van der Waals surface area (Å²) in [7, 11) is 0. The highest BCUT2D eigenvalue weighted by atomic mass is 14.9. The largest absolute Gasteiger partial charge is 0.205 e. The summed E-state index contributed by atoms with van der Waals surface area (Å²) in [6.45, 7) is 5.80. The zero-order valence-corrected chi connectivity index (χ0v) is 29.3. The molecule has 1 aromatic heterocycles. The molecule has 0 unspecified atom stereocenters. The van der Waals surface area contributed by atoms with Crippen molar-refractivity contribution in [2.24, 2.45) is 0 Å². The minimum atomic E-state index is 1.19. The number of pyridine rings is 1. The third-order valence-corrected chi connectivity index (χ3v) is 9.55. The molecule has 0 atom stereocenters. The van der Waals surface area contributed by atoms with E-state index >= 15 is 0 Å². The Kier molecular flexibility index (Phi) is 30.8. The standard InChI is InChI=1S/C41H78N/c1-3-5-7-9-11-13-15-17-19-21-23-25-27-29-31-33-35-41-36-39-42(40-37-41)38-34-32-30-28-26-24-22-20-18-16-14-12-10-8-6-4-2/h36-37,39-40H,3-35,38H2,1-2H3/q+1. The van der Waals surface area contributed by atoms with Crippen molar-refractivity contribution in [1.29, 1.82) is 0 Å². The van der Waals surface area contributed by atoms with E-state index in [9.17, 15) is 0 Å². The SMILES string of the molecule is CCCCCCCCCCCCCCCCCCc1cc[n+](CCCCCCCCCCCCCCCCCC)cc1. The summed E-state index contributed by atoms with van der Waals surface area (Å²) in [5.74, 6) is 0. The van der Waals surface area contributed by atoms with E-state index in [1.807, 2.05) is 0 Å². The molecule has 1 aromatic rings. The number of hydrogen-bond donors (Lipinski definition) is 0. The van der Waals surface area contributed by atoms with Crippen LogP contribution in [0.2, 0.25) is 0 Å². The molecule has 42 heavy (non-hydrogen) atoms. The fraction of sp³-hybridized carbons (Fsp3) is 0.878. The molecule has 0 N–H and O–H groups in total. The lowest BCUT2D eigenvalue weighted by molar-refractivity contribution is -0.697. The minimum absolute atomic E-state index is 1.19. The lowest BCUT2D eigenvalue weighted by Crippen LogP contribution is -2.32. The van der Waals surface area contributed by atoms with E-state index in [1.165, 1.54) is 224 Å². The van der Waals surface area contributed by atoms with Gasteiger partial charge in [-0.1, -0.05) is 200 Å². The van der Waals surface area contributed by atoms with Gasteiger partial charge in [0.05, 0.1) is 0 Å². The van der Waals surface area contributed by atoms with Crippen molar-refractivity contribution < 1.29 is 4.57 Å². The molecule has 0 saturated heterocycles. The van der Waals surface area contributed by atoms with Crippen molar-refractivity contribution in [2.45, 2.75) is 232 Å². The second kappa shape index (κ2) is 33.1. The summed E-state index contributed by atoms with van der Waals surface area (Å²) < 4.78 is 2.40. The molecule has 1 heterocycles. The highest BCUT2D eigenvalue weighted by Crippen LogP contribution is 2.15.